The lowest BCUT2D eigenvalue weighted by Crippen LogP contribution is -2.35. The van der Waals surface area contributed by atoms with E-state index in [4.69, 9.17) is 4.66 Å². The molecule has 2 heteroatoms. The maximum Gasteiger partial charge on any atom is 0.180 e. The number of rotatable bonds is 3. The minimum Gasteiger partial charge on any atom is -0.329 e. The standard InChI is InChI=1S/C15H23NSi/c1-15(2,3)17(4,5)16-13-9-12-14-10-7-6-8-11-14/h6-13H,1-5H3/b12-9+,16-13+. The molecule has 92 valence electrons. The summed E-state index contributed by atoms with van der Waals surface area (Å²) in [5, 5.41) is 0.310. The van der Waals surface area contributed by atoms with Crippen molar-refractivity contribution in [1.29, 1.82) is 0 Å². The minimum atomic E-state index is -1.52. The lowest BCUT2D eigenvalue weighted by Gasteiger charge is -2.32. The highest BCUT2D eigenvalue weighted by Crippen LogP contribution is 2.36. The molecule has 0 aliphatic rings. The number of hydrogen-bond donors (Lipinski definition) is 0. The number of benzene rings is 1. The Balaban J connectivity index is 2.65. The normalized spacial score (nSPS) is 13.7. The Labute approximate surface area is 106 Å². The highest BCUT2D eigenvalue weighted by Gasteiger charge is 2.34. The van der Waals surface area contributed by atoms with Gasteiger partial charge in [0.25, 0.3) is 0 Å². The fourth-order valence-electron chi connectivity index (χ4n) is 1.14. The number of nitrogens with zero attached hydrogens (tertiary/aromatic N) is 1. The van der Waals surface area contributed by atoms with Crippen molar-refractivity contribution >= 4 is 20.5 Å². The van der Waals surface area contributed by atoms with Gasteiger partial charge in [-0.15, -0.1) is 0 Å². The molecule has 0 N–H and O–H groups in total. The summed E-state index contributed by atoms with van der Waals surface area (Å²) in [6.45, 7) is 11.4. The van der Waals surface area contributed by atoms with Crippen LogP contribution in [0.4, 0.5) is 0 Å². The number of hydrogen-bond acceptors (Lipinski definition) is 1. The van der Waals surface area contributed by atoms with Gasteiger partial charge in [-0.1, -0.05) is 57.2 Å². The van der Waals surface area contributed by atoms with Crippen LogP contribution in [0.25, 0.3) is 6.08 Å². The highest BCUT2D eigenvalue weighted by atomic mass is 28.3. The first-order valence-corrected chi connectivity index (χ1v) is 9.05. The van der Waals surface area contributed by atoms with Crippen LogP contribution in [-0.4, -0.2) is 14.5 Å². The van der Waals surface area contributed by atoms with Crippen LogP contribution in [-0.2, 0) is 0 Å². The third-order valence-corrected chi connectivity index (χ3v) is 7.87. The van der Waals surface area contributed by atoms with Crippen LogP contribution in [0.2, 0.25) is 18.1 Å². The Morgan fingerprint density at radius 1 is 1.06 bits per heavy atom. The second-order valence-corrected chi connectivity index (χ2v) is 10.7. The van der Waals surface area contributed by atoms with E-state index in [2.05, 4.69) is 52.1 Å². The van der Waals surface area contributed by atoms with Crippen molar-refractivity contribution in [2.24, 2.45) is 4.66 Å². The molecular formula is C15H23NSi. The van der Waals surface area contributed by atoms with Gasteiger partial charge < -0.3 is 4.66 Å². The lowest BCUT2D eigenvalue weighted by molar-refractivity contribution is 0.719. The molecule has 0 spiro atoms. The van der Waals surface area contributed by atoms with Crippen LogP contribution in [0.15, 0.2) is 41.1 Å². The maximum atomic E-state index is 4.77. The van der Waals surface area contributed by atoms with Crippen molar-refractivity contribution in [3.05, 3.63) is 42.0 Å². The molecule has 0 atom stereocenters. The van der Waals surface area contributed by atoms with Gasteiger partial charge in [-0.05, 0) is 29.8 Å². The van der Waals surface area contributed by atoms with E-state index >= 15 is 0 Å². The Morgan fingerprint density at radius 3 is 2.18 bits per heavy atom. The summed E-state index contributed by atoms with van der Waals surface area (Å²) in [5.74, 6) is 0. The fourth-order valence-corrected chi connectivity index (χ4v) is 1.99. The molecule has 1 aromatic carbocycles. The van der Waals surface area contributed by atoms with Gasteiger partial charge in [-0.25, -0.2) is 0 Å². The topological polar surface area (TPSA) is 12.4 Å². The first-order valence-electron chi connectivity index (χ1n) is 6.10. The number of allylic oxidation sites excluding steroid dienone is 1. The van der Waals surface area contributed by atoms with Crippen LogP contribution < -0.4 is 0 Å². The molecule has 17 heavy (non-hydrogen) atoms. The van der Waals surface area contributed by atoms with Gasteiger partial charge in [0.15, 0.2) is 8.24 Å². The third kappa shape index (κ3) is 4.31. The van der Waals surface area contributed by atoms with Crippen molar-refractivity contribution < 1.29 is 0 Å². The van der Waals surface area contributed by atoms with Crippen molar-refractivity contribution in [3.8, 4) is 0 Å². The van der Waals surface area contributed by atoms with Crippen molar-refractivity contribution in [2.75, 3.05) is 0 Å². The Bertz CT molecular complexity index is 397. The van der Waals surface area contributed by atoms with E-state index in [1.807, 2.05) is 30.5 Å². The first kappa shape index (κ1) is 13.9. The summed E-state index contributed by atoms with van der Waals surface area (Å²) in [6.07, 6.45) is 6.09. The van der Waals surface area contributed by atoms with Crippen LogP contribution in [0.3, 0.4) is 0 Å². The van der Waals surface area contributed by atoms with Crippen LogP contribution in [0.5, 0.6) is 0 Å². The summed E-state index contributed by atoms with van der Waals surface area (Å²) in [6, 6.07) is 10.3. The van der Waals surface area contributed by atoms with Gasteiger partial charge in [0.05, 0.1) is 0 Å². The second-order valence-electron chi connectivity index (χ2n) is 5.86. The summed E-state index contributed by atoms with van der Waals surface area (Å²) in [5.41, 5.74) is 1.22. The Hall–Kier alpha value is -1.15. The second kappa shape index (κ2) is 5.45. The molecule has 0 fully saturated rings. The third-order valence-electron chi connectivity index (χ3n) is 3.41. The molecule has 0 radical (unpaired) electrons. The molecule has 0 aliphatic carbocycles. The predicted octanol–water partition coefficient (Wildman–Crippen LogP) is 4.78. The summed E-state index contributed by atoms with van der Waals surface area (Å²) >= 11 is 0. The lowest BCUT2D eigenvalue weighted by atomic mass is 10.2. The molecule has 0 unspecified atom stereocenters. The molecule has 0 saturated carbocycles. The van der Waals surface area contributed by atoms with E-state index in [9.17, 15) is 0 Å². The van der Waals surface area contributed by atoms with Gasteiger partial charge in [-0.3, -0.25) is 0 Å². The van der Waals surface area contributed by atoms with Crippen molar-refractivity contribution in [2.45, 2.75) is 38.9 Å². The Kier molecular flexibility index (Phi) is 4.46. The van der Waals surface area contributed by atoms with E-state index in [1.165, 1.54) is 5.56 Å². The minimum absolute atomic E-state index is 0.310. The molecule has 0 aliphatic heterocycles. The molecule has 0 heterocycles. The monoisotopic (exact) mass is 245 g/mol. The predicted molar refractivity (Wildman–Crippen MR) is 81.2 cm³/mol. The fraction of sp³-hybridized carbons (Fsp3) is 0.400. The zero-order valence-electron chi connectivity index (χ0n) is 11.6. The summed E-state index contributed by atoms with van der Waals surface area (Å²) < 4.78 is 4.77. The summed E-state index contributed by atoms with van der Waals surface area (Å²) in [4.78, 5) is 0. The van der Waals surface area contributed by atoms with Crippen molar-refractivity contribution in [1.82, 2.24) is 0 Å². The quantitative estimate of drug-likeness (QED) is 0.537. The van der Waals surface area contributed by atoms with E-state index in [0.717, 1.165) is 0 Å². The van der Waals surface area contributed by atoms with Gasteiger partial charge in [0.1, 0.15) is 0 Å². The molecule has 1 nitrogen and oxygen atoms in total. The van der Waals surface area contributed by atoms with Crippen LogP contribution in [0, 0.1) is 0 Å². The molecule has 0 bridgehead atoms. The van der Waals surface area contributed by atoms with Gasteiger partial charge >= 0.3 is 0 Å². The SMILES string of the molecule is CC(C)(C)[Si](C)(C)/N=C/C=C/c1ccccc1. The molecule has 0 saturated heterocycles. The molecule has 0 amide bonds. The maximum absolute atomic E-state index is 4.77. The van der Waals surface area contributed by atoms with E-state index < -0.39 is 8.24 Å². The smallest absolute Gasteiger partial charge is 0.180 e. The average Bonchev–Trinajstić information content (AvgIpc) is 2.24. The largest absolute Gasteiger partial charge is 0.329 e. The Morgan fingerprint density at radius 2 is 1.65 bits per heavy atom. The van der Waals surface area contributed by atoms with E-state index in [0.29, 0.717) is 5.04 Å². The molecule has 1 aromatic rings. The van der Waals surface area contributed by atoms with Crippen LogP contribution >= 0.6 is 0 Å². The van der Waals surface area contributed by atoms with Crippen LogP contribution in [0.1, 0.15) is 26.3 Å². The molecule has 1 rings (SSSR count). The van der Waals surface area contributed by atoms with Gasteiger partial charge in [-0.2, -0.15) is 0 Å². The van der Waals surface area contributed by atoms with Gasteiger partial charge in [0.2, 0.25) is 0 Å². The van der Waals surface area contributed by atoms with Gasteiger partial charge in [0, 0.05) is 6.21 Å². The first-order chi connectivity index (χ1) is 7.83. The summed E-state index contributed by atoms with van der Waals surface area (Å²) in [7, 11) is -1.52. The zero-order chi connectivity index (χ0) is 12.9. The zero-order valence-corrected chi connectivity index (χ0v) is 12.6. The average molecular weight is 245 g/mol. The molecular weight excluding hydrogens is 222 g/mol. The van der Waals surface area contributed by atoms with E-state index in [-0.39, 0.29) is 0 Å². The highest BCUT2D eigenvalue weighted by molar-refractivity contribution is 6.79. The van der Waals surface area contributed by atoms with E-state index in [1.54, 1.807) is 0 Å². The van der Waals surface area contributed by atoms with Crippen molar-refractivity contribution in [3.63, 3.8) is 0 Å². The molecule has 0 aromatic heterocycles.